The molecule has 0 aliphatic carbocycles. The summed E-state index contributed by atoms with van der Waals surface area (Å²) in [5.74, 6) is -0.144. The maximum Gasteiger partial charge on any atom is 0.251 e. The Morgan fingerprint density at radius 3 is 2.13 bits per heavy atom. The van der Waals surface area contributed by atoms with Gasteiger partial charge in [0.2, 0.25) is 11.8 Å². The SMILES string of the molecule is C=CCN(C(=O)C1N(CCCCCCO)C(=O)[C@@H]2[C@H](C(=O)N(CC=C)c3ccc(OCC)cc3)[C@@H]3CCC12S3)c1ccc(OC)cc1. The third-order valence-electron chi connectivity index (χ3n) is 9.63. The molecule has 1 spiro atoms. The number of carbonyl (C=O) groups excluding carboxylic acids is 3. The van der Waals surface area contributed by atoms with Gasteiger partial charge in [-0.3, -0.25) is 14.4 Å². The lowest BCUT2D eigenvalue weighted by molar-refractivity contribution is -0.139. The number of ether oxygens (including phenoxy) is 2. The number of thioether (sulfide) groups is 1. The van der Waals surface area contributed by atoms with Gasteiger partial charge in [0.15, 0.2) is 0 Å². The minimum absolute atomic E-state index is 0.0673. The third kappa shape index (κ3) is 6.67. The van der Waals surface area contributed by atoms with Crippen molar-refractivity contribution >= 4 is 40.9 Å². The Kier molecular flexibility index (Phi) is 11.3. The molecule has 3 fully saturated rings. The molecule has 3 amide bonds. The van der Waals surface area contributed by atoms with E-state index < -0.39 is 22.6 Å². The second-order valence-corrected chi connectivity index (χ2v) is 13.9. The highest BCUT2D eigenvalue weighted by molar-refractivity contribution is 8.02. The van der Waals surface area contributed by atoms with Gasteiger partial charge >= 0.3 is 0 Å². The monoisotopic (exact) mass is 661 g/mol. The van der Waals surface area contributed by atoms with E-state index in [0.29, 0.717) is 50.4 Å². The molecular formula is C37H47N3O6S. The van der Waals surface area contributed by atoms with E-state index >= 15 is 0 Å². The average Bonchev–Trinajstić information content (AvgIpc) is 3.73. The molecule has 3 aliphatic heterocycles. The van der Waals surface area contributed by atoms with Gasteiger partial charge in [-0.2, -0.15) is 0 Å². The second-order valence-electron chi connectivity index (χ2n) is 12.3. The molecule has 10 heteroatoms. The summed E-state index contributed by atoms with van der Waals surface area (Å²) in [7, 11) is 1.60. The van der Waals surface area contributed by atoms with Crippen molar-refractivity contribution in [1.82, 2.24) is 4.90 Å². The molecule has 1 N–H and O–H groups in total. The van der Waals surface area contributed by atoms with Crippen LogP contribution in [0.4, 0.5) is 11.4 Å². The fourth-order valence-corrected chi connectivity index (χ4v) is 9.79. The largest absolute Gasteiger partial charge is 0.497 e. The molecule has 9 nitrogen and oxygen atoms in total. The van der Waals surface area contributed by atoms with Gasteiger partial charge in [0.1, 0.15) is 17.5 Å². The fourth-order valence-electron chi connectivity index (χ4n) is 7.58. The van der Waals surface area contributed by atoms with Crippen LogP contribution in [0.1, 0.15) is 45.4 Å². The second kappa shape index (κ2) is 15.4. The first kappa shape index (κ1) is 34.6. The molecule has 3 heterocycles. The lowest BCUT2D eigenvalue weighted by atomic mass is 9.70. The zero-order valence-electron chi connectivity index (χ0n) is 27.5. The number of amides is 3. The minimum atomic E-state index is -0.717. The lowest BCUT2D eigenvalue weighted by Gasteiger charge is -2.37. The van der Waals surface area contributed by atoms with Crippen molar-refractivity contribution in [1.29, 1.82) is 0 Å². The first-order valence-electron chi connectivity index (χ1n) is 16.7. The number of unbranched alkanes of at least 4 members (excludes halogenated alkanes) is 3. The van der Waals surface area contributed by atoms with Crippen molar-refractivity contribution in [3.05, 3.63) is 73.8 Å². The van der Waals surface area contributed by atoms with Crippen LogP contribution in [0.3, 0.4) is 0 Å². The van der Waals surface area contributed by atoms with Gasteiger partial charge in [0.25, 0.3) is 5.91 Å². The van der Waals surface area contributed by atoms with Crippen LogP contribution in [-0.4, -0.2) is 83.7 Å². The average molecular weight is 662 g/mol. The van der Waals surface area contributed by atoms with E-state index in [0.717, 1.165) is 30.7 Å². The number of methoxy groups -OCH3 is 1. The van der Waals surface area contributed by atoms with Gasteiger partial charge in [-0.1, -0.05) is 25.0 Å². The number of aliphatic hydroxyl groups is 1. The number of nitrogens with zero attached hydrogens (tertiary/aromatic N) is 3. The quantitative estimate of drug-likeness (QED) is 0.177. The van der Waals surface area contributed by atoms with Gasteiger partial charge in [-0.15, -0.1) is 24.9 Å². The van der Waals surface area contributed by atoms with Crippen LogP contribution in [0.15, 0.2) is 73.8 Å². The van der Waals surface area contributed by atoms with Gasteiger partial charge in [0.05, 0.1) is 30.3 Å². The predicted molar refractivity (Wildman–Crippen MR) is 187 cm³/mol. The summed E-state index contributed by atoms with van der Waals surface area (Å²) in [5.41, 5.74) is 1.42. The van der Waals surface area contributed by atoms with E-state index in [1.165, 1.54) is 0 Å². The number of aliphatic hydroxyl groups excluding tert-OH is 1. The number of likely N-dealkylation sites (tertiary alicyclic amines) is 1. The van der Waals surface area contributed by atoms with E-state index in [4.69, 9.17) is 9.47 Å². The van der Waals surface area contributed by atoms with E-state index in [2.05, 4.69) is 13.2 Å². The summed E-state index contributed by atoms with van der Waals surface area (Å²) in [6, 6.07) is 14.0. The van der Waals surface area contributed by atoms with Crippen LogP contribution < -0.4 is 19.3 Å². The van der Waals surface area contributed by atoms with Crippen LogP contribution in [0, 0.1) is 11.8 Å². The summed E-state index contributed by atoms with van der Waals surface area (Å²) in [6.45, 7) is 11.4. The summed E-state index contributed by atoms with van der Waals surface area (Å²) < 4.78 is 10.2. The van der Waals surface area contributed by atoms with Crippen LogP contribution in [-0.2, 0) is 14.4 Å². The standard InChI is InChI=1S/C37H47N3O6S/c1-5-22-38(26-14-18-29(19-15-26)46-7-3)34(42)31-30-20-21-37(47-30)32(31)35(43)40(24-10-8-9-11-25-41)33(37)36(44)39(23-6-2)27-12-16-28(45-4)17-13-27/h5-6,12-19,30-33,41H,1-2,7-11,20-25H2,3-4H3/t30-,31+,32-,33?,37?/m0/s1. The number of hydrogen-bond acceptors (Lipinski definition) is 7. The third-order valence-corrected chi connectivity index (χ3v) is 11.6. The highest BCUT2D eigenvalue weighted by Crippen LogP contribution is 2.67. The van der Waals surface area contributed by atoms with E-state index in [9.17, 15) is 19.5 Å². The lowest BCUT2D eigenvalue weighted by Crippen LogP contribution is -2.55. The molecule has 2 aromatic rings. The minimum Gasteiger partial charge on any atom is -0.497 e. The molecule has 2 bridgehead atoms. The predicted octanol–water partition coefficient (Wildman–Crippen LogP) is 5.48. The van der Waals surface area contributed by atoms with Gasteiger partial charge in [0, 0.05) is 42.9 Å². The van der Waals surface area contributed by atoms with Crippen molar-refractivity contribution < 1.29 is 29.0 Å². The number of anilines is 2. The first-order chi connectivity index (χ1) is 22.8. The number of benzene rings is 2. The van der Waals surface area contributed by atoms with Crippen molar-refractivity contribution in [2.75, 3.05) is 49.8 Å². The molecule has 47 heavy (non-hydrogen) atoms. The summed E-state index contributed by atoms with van der Waals surface area (Å²) in [6.07, 6.45) is 7.94. The molecule has 3 saturated heterocycles. The number of fused-ring (bicyclic) bond motifs is 1. The van der Waals surface area contributed by atoms with Crippen molar-refractivity contribution in [2.24, 2.45) is 11.8 Å². The number of rotatable bonds is 17. The fraction of sp³-hybridized carbons (Fsp3) is 0.486. The van der Waals surface area contributed by atoms with E-state index in [1.807, 2.05) is 55.5 Å². The molecule has 3 aliphatic rings. The van der Waals surface area contributed by atoms with Crippen LogP contribution in [0.2, 0.25) is 0 Å². The summed E-state index contributed by atoms with van der Waals surface area (Å²) >= 11 is 1.67. The Labute approximate surface area is 282 Å². The molecule has 2 aromatic carbocycles. The Bertz CT molecular complexity index is 1430. The van der Waals surface area contributed by atoms with Gasteiger partial charge in [-0.05, 0) is 81.1 Å². The normalized spacial score (nSPS) is 24.1. The van der Waals surface area contributed by atoms with E-state index in [-0.39, 0.29) is 36.1 Å². The van der Waals surface area contributed by atoms with Crippen molar-refractivity contribution in [3.63, 3.8) is 0 Å². The topological polar surface area (TPSA) is 99.6 Å². The zero-order chi connectivity index (χ0) is 33.6. The zero-order valence-corrected chi connectivity index (χ0v) is 28.3. The Balaban J connectivity index is 1.50. The molecule has 2 unspecified atom stereocenters. The Morgan fingerprint density at radius 2 is 1.55 bits per heavy atom. The molecule has 0 saturated carbocycles. The Hall–Kier alpha value is -3.76. The molecule has 5 atom stereocenters. The molecule has 252 valence electrons. The molecule has 0 aromatic heterocycles. The Morgan fingerprint density at radius 1 is 0.957 bits per heavy atom. The van der Waals surface area contributed by atoms with Crippen molar-refractivity contribution in [3.8, 4) is 11.5 Å². The van der Waals surface area contributed by atoms with Crippen molar-refractivity contribution in [2.45, 2.75) is 61.5 Å². The van der Waals surface area contributed by atoms with Crippen LogP contribution in [0.5, 0.6) is 11.5 Å². The first-order valence-corrected chi connectivity index (χ1v) is 17.5. The highest BCUT2D eigenvalue weighted by Gasteiger charge is 2.74. The molecular weight excluding hydrogens is 614 g/mol. The summed E-state index contributed by atoms with van der Waals surface area (Å²) in [5, 5.41) is 9.20. The van der Waals surface area contributed by atoms with Crippen LogP contribution >= 0.6 is 11.8 Å². The van der Waals surface area contributed by atoms with Crippen LogP contribution in [0.25, 0.3) is 0 Å². The number of hydrogen-bond donors (Lipinski definition) is 1. The smallest absolute Gasteiger partial charge is 0.251 e. The summed E-state index contributed by atoms with van der Waals surface area (Å²) in [4.78, 5) is 49.2. The molecule has 0 radical (unpaired) electrons. The maximum atomic E-state index is 14.8. The van der Waals surface area contributed by atoms with Gasteiger partial charge in [-0.25, -0.2) is 0 Å². The molecule has 5 rings (SSSR count). The van der Waals surface area contributed by atoms with E-state index in [1.54, 1.807) is 45.7 Å². The van der Waals surface area contributed by atoms with Gasteiger partial charge < -0.3 is 29.3 Å². The maximum absolute atomic E-state index is 14.8. The highest BCUT2D eigenvalue weighted by atomic mass is 32.2. The number of carbonyl (C=O) groups is 3.